The van der Waals surface area contributed by atoms with Crippen LogP contribution in [0.15, 0.2) is 28.9 Å². The smallest absolute Gasteiger partial charge is 0.246 e. The summed E-state index contributed by atoms with van der Waals surface area (Å²) in [6, 6.07) is 3.58. The van der Waals surface area contributed by atoms with Gasteiger partial charge in [0.25, 0.3) is 0 Å². The number of rotatable bonds is 2. The predicted octanol–water partition coefficient (Wildman–Crippen LogP) is 1.52. The van der Waals surface area contributed by atoms with E-state index in [4.69, 9.17) is 4.42 Å². The Morgan fingerprint density at radius 3 is 3.12 bits per heavy atom. The first-order valence-corrected chi connectivity index (χ1v) is 5.85. The maximum atomic E-state index is 11.9. The number of carbonyl (C=O) groups is 1. The van der Waals surface area contributed by atoms with Gasteiger partial charge in [0.2, 0.25) is 5.91 Å². The van der Waals surface area contributed by atoms with Gasteiger partial charge in [0, 0.05) is 19.2 Å². The third kappa shape index (κ3) is 2.97. The van der Waals surface area contributed by atoms with Gasteiger partial charge >= 0.3 is 0 Å². The number of nitrogens with zero attached hydrogens (tertiary/aromatic N) is 1. The lowest BCUT2D eigenvalue weighted by Crippen LogP contribution is -2.44. The molecule has 92 valence electrons. The van der Waals surface area contributed by atoms with Crippen LogP contribution in [0.1, 0.15) is 19.1 Å². The van der Waals surface area contributed by atoms with Crippen LogP contribution < -0.4 is 0 Å². The van der Waals surface area contributed by atoms with Crippen molar-refractivity contribution in [3.8, 4) is 0 Å². The largest absolute Gasteiger partial charge is 0.465 e. The molecule has 0 aliphatic carbocycles. The van der Waals surface area contributed by atoms with E-state index in [0.29, 0.717) is 25.3 Å². The molecule has 2 rings (SSSR count). The molecule has 0 spiro atoms. The lowest BCUT2D eigenvalue weighted by molar-refractivity contribution is -0.129. The fourth-order valence-electron chi connectivity index (χ4n) is 1.98. The maximum absolute atomic E-state index is 11.9. The van der Waals surface area contributed by atoms with Crippen LogP contribution in [0, 0.1) is 5.92 Å². The van der Waals surface area contributed by atoms with Crippen molar-refractivity contribution in [2.45, 2.75) is 19.4 Å². The Labute approximate surface area is 101 Å². The normalized spacial score (nSPS) is 25.4. The average Bonchev–Trinajstić information content (AvgIpc) is 2.82. The zero-order valence-corrected chi connectivity index (χ0v) is 9.87. The van der Waals surface area contributed by atoms with Crippen molar-refractivity contribution < 1.29 is 14.3 Å². The molecule has 1 aliphatic heterocycles. The molecular weight excluding hydrogens is 218 g/mol. The van der Waals surface area contributed by atoms with E-state index in [-0.39, 0.29) is 17.9 Å². The Bertz CT molecular complexity index is 397. The summed E-state index contributed by atoms with van der Waals surface area (Å²) < 4.78 is 5.11. The first kappa shape index (κ1) is 11.9. The van der Waals surface area contributed by atoms with Gasteiger partial charge in [-0.05, 0) is 30.5 Å². The second kappa shape index (κ2) is 5.19. The second-order valence-corrected chi connectivity index (χ2v) is 4.47. The van der Waals surface area contributed by atoms with Crippen LogP contribution in [0.2, 0.25) is 0 Å². The summed E-state index contributed by atoms with van der Waals surface area (Å²) in [7, 11) is 0. The van der Waals surface area contributed by atoms with Crippen LogP contribution in [0.4, 0.5) is 0 Å². The molecule has 1 aliphatic rings. The minimum absolute atomic E-state index is 0.0276. The van der Waals surface area contributed by atoms with Crippen molar-refractivity contribution in [2.24, 2.45) is 5.92 Å². The Balaban J connectivity index is 1.92. The van der Waals surface area contributed by atoms with Crippen molar-refractivity contribution in [1.82, 2.24) is 4.90 Å². The highest BCUT2D eigenvalue weighted by atomic mass is 16.3. The fraction of sp³-hybridized carbons (Fsp3) is 0.462. The Kier molecular flexibility index (Phi) is 3.64. The number of aliphatic hydroxyl groups is 1. The fourth-order valence-corrected chi connectivity index (χ4v) is 1.98. The highest BCUT2D eigenvalue weighted by Crippen LogP contribution is 2.17. The molecule has 4 nitrogen and oxygen atoms in total. The van der Waals surface area contributed by atoms with Gasteiger partial charge in [-0.3, -0.25) is 4.79 Å². The molecule has 2 atom stereocenters. The molecule has 1 saturated heterocycles. The zero-order valence-electron chi connectivity index (χ0n) is 9.87. The van der Waals surface area contributed by atoms with E-state index >= 15 is 0 Å². The molecule has 1 aromatic rings. The van der Waals surface area contributed by atoms with E-state index in [1.807, 2.05) is 6.92 Å². The number of likely N-dealkylation sites (tertiary alicyclic amines) is 1. The van der Waals surface area contributed by atoms with E-state index < -0.39 is 0 Å². The molecule has 17 heavy (non-hydrogen) atoms. The summed E-state index contributed by atoms with van der Waals surface area (Å²) in [5, 5.41) is 9.59. The summed E-state index contributed by atoms with van der Waals surface area (Å²) in [5.41, 5.74) is 0. The van der Waals surface area contributed by atoms with Crippen LogP contribution in [0.5, 0.6) is 0 Å². The van der Waals surface area contributed by atoms with Gasteiger partial charge in [-0.1, -0.05) is 6.92 Å². The minimum Gasteiger partial charge on any atom is -0.465 e. The standard InChI is InChI=1S/C13H17NO3/c1-10-9-14(7-6-12(10)15)13(16)5-4-11-3-2-8-17-11/h2-5,8,10,12,15H,6-7,9H2,1H3/b5-4+. The first-order valence-electron chi connectivity index (χ1n) is 5.85. The topological polar surface area (TPSA) is 53.7 Å². The first-order chi connectivity index (χ1) is 8.16. The van der Waals surface area contributed by atoms with Gasteiger partial charge in [0.15, 0.2) is 0 Å². The highest BCUT2D eigenvalue weighted by molar-refractivity contribution is 5.91. The van der Waals surface area contributed by atoms with E-state index in [9.17, 15) is 9.90 Å². The number of hydrogen-bond acceptors (Lipinski definition) is 3. The van der Waals surface area contributed by atoms with Crippen LogP contribution in [-0.2, 0) is 4.79 Å². The molecule has 2 unspecified atom stereocenters. The van der Waals surface area contributed by atoms with Crippen LogP contribution in [0.25, 0.3) is 6.08 Å². The van der Waals surface area contributed by atoms with E-state index in [1.54, 1.807) is 29.4 Å². The number of piperidine rings is 1. The van der Waals surface area contributed by atoms with E-state index in [1.165, 1.54) is 6.08 Å². The van der Waals surface area contributed by atoms with Crippen LogP contribution in [-0.4, -0.2) is 35.1 Å². The quantitative estimate of drug-likeness (QED) is 0.791. The van der Waals surface area contributed by atoms with E-state index in [0.717, 1.165) is 0 Å². The van der Waals surface area contributed by atoms with Gasteiger partial charge < -0.3 is 14.4 Å². The van der Waals surface area contributed by atoms with Crippen molar-refractivity contribution >= 4 is 12.0 Å². The maximum Gasteiger partial charge on any atom is 0.246 e. The second-order valence-electron chi connectivity index (χ2n) is 4.47. The van der Waals surface area contributed by atoms with Gasteiger partial charge in [0.05, 0.1) is 12.4 Å². The molecule has 4 heteroatoms. The molecule has 1 fully saturated rings. The van der Waals surface area contributed by atoms with Gasteiger partial charge in [-0.15, -0.1) is 0 Å². The number of furan rings is 1. The molecule has 1 amide bonds. The molecule has 0 radical (unpaired) electrons. The van der Waals surface area contributed by atoms with E-state index in [2.05, 4.69) is 0 Å². The molecule has 0 bridgehead atoms. The van der Waals surface area contributed by atoms with Crippen molar-refractivity contribution in [2.75, 3.05) is 13.1 Å². The molecule has 2 heterocycles. The lowest BCUT2D eigenvalue weighted by Gasteiger charge is -2.33. The van der Waals surface area contributed by atoms with Crippen LogP contribution >= 0.6 is 0 Å². The number of carbonyl (C=O) groups excluding carboxylic acids is 1. The van der Waals surface area contributed by atoms with Crippen molar-refractivity contribution in [3.05, 3.63) is 30.2 Å². The zero-order chi connectivity index (χ0) is 12.3. The monoisotopic (exact) mass is 235 g/mol. The van der Waals surface area contributed by atoms with Gasteiger partial charge in [-0.25, -0.2) is 0 Å². The molecule has 1 N–H and O–H groups in total. The Morgan fingerprint density at radius 2 is 2.47 bits per heavy atom. The molecule has 1 aromatic heterocycles. The third-order valence-electron chi connectivity index (χ3n) is 3.11. The number of amides is 1. The van der Waals surface area contributed by atoms with Crippen molar-refractivity contribution in [3.63, 3.8) is 0 Å². The predicted molar refractivity (Wildman–Crippen MR) is 64.1 cm³/mol. The lowest BCUT2D eigenvalue weighted by atomic mass is 9.97. The minimum atomic E-state index is -0.284. The third-order valence-corrected chi connectivity index (χ3v) is 3.11. The summed E-state index contributed by atoms with van der Waals surface area (Å²) in [6.45, 7) is 3.19. The summed E-state index contributed by atoms with van der Waals surface area (Å²) >= 11 is 0. The number of aliphatic hydroxyl groups excluding tert-OH is 1. The number of hydrogen-bond donors (Lipinski definition) is 1. The summed E-state index contributed by atoms with van der Waals surface area (Å²) in [5.74, 6) is 0.785. The molecular formula is C13H17NO3. The average molecular weight is 235 g/mol. The summed E-state index contributed by atoms with van der Waals surface area (Å²) in [4.78, 5) is 13.6. The van der Waals surface area contributed by atoms with Gasteiger partial charge in [-0.2, -0.15) is 0 Å². The Hall–Kier alpha value is -1.55. The molecule has 0 aromatic carbocycles. The van der Waals surface area contributed by atoms with Gasteiger partial charge in [0.1, 0.15) is 5.76 Å². The SMILES string of the molecule is CC1CN(C(=O)/C=C/c2ccco2)CCC1O. The van der Waals surface area contributed by atoms with Crippen molar-refractivity contribution in [1.29, 1.82) is 0 Å². The highest BCUT2D eigenvalue weighted by Gasteiger charge is 2.25. The van der Waals surface area contributed by atoms with Crippen LogP contribution in [0.3, 0.4) is 0 Å². The summed E-state index contributed by atoms with van der Waals surface area (Å²) in [6.07, 6.45) is 5.12. The molecule has 0 saturated carbocycles. The Morgan fingerprint density at radius 1 is 1.65 bits per heavy atom.